The van der Waals surface area contributed by atoms with Crippen LogP contribution in [0.3, 0.4) is 0 Å². The quantitative estimate of drug-likeness (QED) is 0.432. The molecule has 0 atom stereocenters. The van der Waals surface area contributed by atoms with Gasteiger partial charge in [-0.3, -0.25) is 0 Å². The third kappa shape index (κ3) is 5.51. The van der Waals surface area contributed by atoms with Crippen LogP contribution < -0.4 is 4.74 Å². The molecule has 0 aliphatic heterocycles. The number of hydrogen-bond acceptors (Lipinski definition) is 3. The Bertz CT molecular complexity index is 657. The van der Waals surface area contributed by atoms with E-state index >= 15 is 0 Å². The molecule has 0 fully saturated rings. The maximum absolute atomic E-state index is 12.5. The average molecular weight is 405 g/mol. The van der Waals surface area contributed by atoms with Crippen molar-refractivity contribution < 1.29 is 27.4 Å². The van der Waals surface area contributed by atoms with Crippen molar-refractivity contribution >= 4 is 15.9 Å². The lowest BCUT2D eigenvalue weighted by Crippen LogP contribution is -2.04. The zero-order valence-corrected chi connectivity index (χ0v) is 14.5. The van der Waals surface area contributed by atoms with Crippen molar-refractivity contribution in [2.75, 3.05) is 13.4 Å². The van der Waals surface area contributed by atoms with Crippen molar-refractivity contribution in [2.45, 2.75) is 19.7 Å². The van der Waals surface area contributed by atoms with Crippen LogP contribution in [0.4, 0.5) is 13.2 Å². The van der Waals surface area contributed by atoms with Gasteiger partial charge >= 0.3 is 6.18 Å². The summed E-state index contributed by atoms with van der Waals surface area (Å²) >= 11 is 3.42. The molecule has 0 N–H and O–H groups in total. The van der Waals surface area contributed by atoms with E-state index in [1.165, 1.54) is 12.1 Å². The second-order valence-corrected chi connectivity index (χ2v) is 5.69. The standard InChI is InChI=1S/C17H16BrF3O3/c1-2-22-11-23-10-12-9-15(7-8-16(12)18)24-14-5-3-13(4-6-14)17(19,20)21/h3-9H,2,10-11H2,1H3. The van der Waals surface area contributed by atoms with E-state index in [0.717, 1.165) is 22.2 Å². The van der Waals surface area contributed by atoms with Crippen LogP contribution in [0.5, 0.6) is 11.5 Å². The fourth-order valence-corrected chi connectivity index (χ4v) is 2.23. The van der Waals surface area contributed by atoms with E-state index in [9.17, 15) is 13.2 Å². The Labute approximate surface area is 146 Å². The van der Waals surface area contributed by atoms with Crippen molar-refractivity contribution in [3.8, 4) is 11.5 Å². The lowest BCUT2D eigenvalue weighted by molar-refractivity contribution is -0.137. The molecule has 2 rings (SSSR count). The largest absolute Gasteiger partial charge is 0.457 e. The Balaban J connectivity index is 2.04. The third-order valence-electron chi connectivity index (χ3n) is 3.06. The first-order chi connectivity index (χ1) is 11.4. The van der Waals surface area contributed by atoms with Crippen LogP contribution >= 0.6 is 15.9 Å². The average Bonchev–Trinajstić information content (AvgIpc) is 2.54. The van der Waals surface area contributed by atoms with Gasteiger partial charge in [0.1, 0.15) is 18.3 Å². The molecular formula is C17H16BrF3O3. The smallest absolute Gasteiger partial charge is 0.416 e. The lowest BCUT2D eigenvalue weighted by Gasteiger charge is -2.11. The van der Waals surface area contributed by atoms with Crippen LogP contribution in [0, 0.1) is 0 Å². The first kappa shape index (κ1) is 18.8. The van der Waals surface area contributed by atoms with E-state index in [2.05, 4.69) is 15.9 Å². The van der Waals surface area contributed by atoms with Crippen molar-refractivity contribution in [2.24, 2.45) is 0 Å². The van der Waals surface area contributed by atoms with Crippen LogP contribution in [0.1, 0.15) is 18.1 Å². The SMILES string of the molecule is CCOCOCc1cc(Oc2ccc(C(F)(F)F)cc2)ccc1Br. The minimum atomic E-state index is -4.36. The first-order valence-electron chi connectivity index (χ1n) is 7.19. The minimum absolute atomic E-state index is 0.187. The van der Waals surface area contributed by atoms with Crippen LogP contribution in [0.2, 0.25) is 0 Å². The zero-order chi connectivity index (χ0) is 17.6. The monoisotopic (exact) mass is 404 g/mol. The van der Waals surface area contributed by atoms with E-state index in [1.807, 2.05) is 6.92 Å². The summed E-state index contributed by atoms with van der Waals surface area (Å²) in [6, 6.07) is 9.81. The van der Waals surface area contributed by atoms with Crippen molar-refractivity contribution in [1.29, 1.82) is 0 Å². The number of rotatable bonds is 7. The number of hydrogen-bond donors (Lipinski definition) is 0. The predicted octanol–water partition coefficient (Wildman–Crippen LogP) is 5.77. The number of alkyl halides is 3. The molecule has 0 aliphatic carbocycles. The van der Waals surface area contributed by atoms with E-state index in [0.29, 0.717) is 24.7 Å². The first-order valence-corrected chi connectivity index (χ1v) is 7.98. The van der Waals surface area contributed by atoms with Gasteiger partial charge in [-0.15, -0.1) is 0 Å². The molecule has 0 spiro atoms. The molecule has 2 aromatic carbocycles. The second kappa shape index (κ2) is 8.50. The maximum atomic E-state index is 12.5. The summed E-state index contributed by atoms with van der Waals surface area (Å²) in [6.45, 7) is 2.95. The zero-order valence-electron chi connectivity index (χ0n) is 12.9. The van der Waals surface area contributed by atoms with Crippen LogP contribution in [-0.4, -0.2) is 13.4 Å². The van der Waals surface area contributed by atoms with Crippen LogP contribution in [-0.2, 0) is 22.3 Å². The lowest BCUT2D eigenvalue weighted by atomic mass is 10.2. The van der Waals surface area contributed by atoms with E-state index < -0.39 is 11.7 Å². The van der Waals surface area contributed by atoms with Gasteiger partial charge in [0.2, 0.25) is 0 Å². The summed E-state index contributed by atoms with van der Waals surface area (Å²) in [6.07, 6.45) is -4.36. The third-order valence-corrected chi connectivity index (χ3v) is 3.84. The molecule has 0 aromatic heterocycles. The van der Waals surface area contributed by atoms with E-state index in [1.54, 1.807) is 18.2 Å². The number of benzene rings is 2. The Morgan fingerprint density at radius 2 is 1.62 bits per heavy atom. The van der Waals surface area contributed by atoms with E-state index in [4.69, 9.17) is 14.2 Å². The maximum Gasteiger partial charge on any atom is 0.416 e. The Morgan fingerprint density at radius 3 is 2.25 bits per heavy atom. The molecule has 24 heavy (non-hydrogen) atoms. The highest BCUT2D eigenvalue weighted by molar-refractivity contribution is 9.10. The Kier molecular flexibility index (Phi) is 6.65. The molecule has 7 heteroatoms. The molecule has 0 radical (unpaired) electrons. The van der Waals surface area contributed by atoms with E-state index in [-0.39, 0.29) is 6.79 Å². The summed E-state index contributed by atoms with van der Waals surface area (Å²) < 4.78 is 54.5. The summed E-state index contributed by atoms with van der Waals surface area (Å²) in [4.78, 5) is 0. The van der Waals surface area contributed by atoms with Gasteiger partial charge in [-0.2, -0.15) is 13.2 Å². The van der Waals surface area contributed by atoms with Crippen LogP contribution in [0.15, 0.2) is 46.9 Å². The predicted molar refractivity (Wildman–Crippen MR) is 86.9 cm³/mol. The molecule has 2 aromatic rings. The number of halogens is 4. The summed E-state index contributed by atoms with van der Waals surface area (Å²) in [5, 5.41) is 0. The van der Waals surface area contributed by atoms with Crippen molar-refractivity contribution in [1.82, 2.24) is 0 Å². The van der Waals surface area contributed by atoms with Gasteiger partial charge in [-0.25, -0.2) is 0 Å². The molecular weight excluding hydrogens is 389 g/mol. The molecule has 0 heterocycles. The fraction of sp³-hybridized carbons (Fsp3) is 0.294. The molecule has 3 nitrogen and oxygen atoms in total. The van der Waals surface area contributed by atoms with Crippen molar-refractivity contribution in [3.05, 3.63) is 58.1 Å². The van der Waals surface area contributed by atoms with Gasteiger partial charge in [0.05, 0.1) is 12.2 Å². The van der Waals surface area contributed by atoms with Gasteiger partial charge in [0, 0.05) is 11.1 Å². The highest BCUT2D eigenvalue weighted by atomic mass is 79.9. The molecule has 0 bridgehead atoms. The normalized spacial score (nSPS) is 11.5. The Hall–Kier alpha value is -1.57. The molecule has 0 unspecified atom stereocenters. The van der Waals surface area contributed by atoms with Gasteiger partial charge < -0.3 is 14.2 Å². The highest BCUT2D eigenvalue weighted by Crippen LogP contribution is 2.32. The highest BCUT2D eigenvalue weighted by Gasteiger charge is 2.30. The summed E-state index contributed by atoms with van der Waals surface area (Å²) in [7, 11) is 0. The van der Waals surface area contributed by atoms with Gasteiger partial charge in [0.25, 0.3) is 0 Å². The van der Waals surface area contributed by atoms with Crippen molar-refractivity contribution in [3.63, 3.8) is 0 Å². The van der Waals surface area contributed by atoms with Gasteiger partial charge in [-0.1, -0.05) is 15.9 Å². The topological polar surface area (TPSA) is 27.7 Å². The molecule has 0 saturated heterocycles. The second-order valence-electron chi connectivity index (χ2n) is 4.84. The summed E-state index contributed by atoms with van der Waals surface area (Å²) in [5.41, 5.74) is 0.134. The Morgan fingerprint density at radius 1 is 0.958 bits per heavy atom. The summed E-state index contributed by atoms with van der Waals surface area (Å²) in [5.74, 6) is 0.833. The van der Waals surface area contributed by atoms with Gasteiger partial charge in [0.15, 0.2) is 0 Å². The van der Waals surface area contributed by atoms with Gasteiger partial charge in [-0.05, 0) is 55.0 Å². The number of ether oxygens (including phenoxy) is 3. The molecule has 0 aliphatic rings. The molecule has 0 amide bonds. The molecule has 130 valence electrons. The minimum Gasteiger partial charge on any atom is -0.457 e. The fourth-order valence-electron chi connectivity index (χ4n) is 1.87. The van der Waals surface area contributed by atoms with Crippen LogP contribution in [0.25, 0.3) is 0 Å². The molecule has 0 saturated carbocycles.